The third-order valence-corrected chi connectivity index (χ3v) is 5.32. The fourth-order valence-corrected chi connectivity index (χ4v) is 3.74. The van der Waals surface area contributed by atoms with E-state index in [9.17, 15) is 5.11 Å². The SMILES string of the molecule is COc1ccccc1N1CCN(C[C@@H](O)COc2cccc(-c3nnc(C)o3)c2)CC1. The molecule has 0 spiro atoms. The van der Waals surface area contributed by atoms with E-state index in [1.165, 1.54) is 0 Å². The van der Waals surface area contributed by atoms with Crippen LogP contribution in [0.2, 0.25) is 0 Å². The Morgan fingerprint density at radius 2 is 1.87 bits per heavy atom. The van der Waals surface area contributed by atoms with Crippen molar-refractivity contribution >= 4 is 5.69 Å². The first-order valence-electron chi connectivity index (χ1n) is 10.4. The summed E-state index contributed by atoms with van der Waals surface area (Å²) in [6, 6.07) is 15.5. The number of hydrogen-bond acceptors (Lipinski definition) is 8. The molecule has 2 aromatic carbocycles. The van der Waals surface area contributed by atoms with Crippen molar-refractivity contribution in [2.24, 2.45) is 0 Å². The second kappa shape index (κ2) is 9.80. The van der Waals surface area contributed by atoms with Crippen LogP contribution in [0.4, 0.5) is 5.69 Å². The third-order valence-electron chi connectivity index (χ3n) is 5.32. The smallest absolute Gasteiger partial charge is 0.247 e. The lowest BCUT2D eigenvalue weighted by Gasteiger charge is -2.37. The molecule has 8 nitrogen and oxygen atoms in total. The lowest BCUT2D eigenvalue weighted by molar-refractivity contribution is 0.0663. The summed E-state index contributed by atoms with van der Waals surface area (Å²) in [5, 5.41) is 18.4. The van der Waals surface area contributed by atoms with E-state index in [0.29, 0.717) is 24.1 Å². The van der Waals surface area contributed by atoms with Crippen molar-refractivity contribution in [1.29, 1.82) is 0 Å². The van der Waals surface area contributed by atoms with Gasteiger partial charge in [0.2, 0.25) is 11.8 Å². The largest absolute Gasteiger partial charge is 0.495 e. The van der Waals surface area contributed by atoms with Crippen molar-refractivity contribution in [3.63, 3.8) is 0 Å². The lowest BCUT2D eigenvalue weighted by atomic mass is 10.2. The number of aliphatic hydroxyl groups excluding tert-OH is 1. The summed E-state index contributed by atoms with van der Waals surface area (Å²) in [6.45, 7) is 6.08. The van der Waals surface area contributed by atoms with Gasteiger partial charge in [-0.3, -0.25) is 4.90 Å². The Bertz CT molecular complexity index is 985. The molecule has 31 heavy (non-hydrogen) atoms. The summed E-state index contributed by atoms with van der Waals surface area (Å²) in [5.74, 6) is 2.52. The Balaban J connectivity index is 1.25. The van der Waals surface area contributed by atoms with Crippen LogP contribution in [0.5, 0.6) is 11.5 Å². The topological polar surface area (TPSA) is 84.1 Å². The molecule has 1 aliphatic heterocycles. The normalized spacial score (nSPS) is 15.6. The Labute approximate surface area is 182 Å². The van der Waals surface area contributed by atoms with Gasteiger partial charge in [-0.2, -0.15) is 0 Å². The van der Waals surface area contributed by atoms with Crippen LogP contribution in [0.3, 0.4) is 0 Å². The van der Waals surface area contributed by atoms with Gasteiger partial charge in [0.05, 0.1) is 12.8 Å². The highest BCUT2D eigenvalue weighted by atomic mass is 16.5. The van der Waals surface area contributed by atoms with Crippen LogP contribution in [0.25, 0.3) is 11.5 Å². The molecule has 4 rings (SSSR count). The van der Waals surface area contributed by atoms with Gasteiger partial charge in [-0.15, -0.1) is 10.2 Å². The summed E-state index contributed by atoms with van der Waals surface area (Å²) in [6.07, 6.45) is -0.577. The number of aliphatic hydroxyl groups is 1. The molecule has 3 aromatic rings. The fourth-order valence-electron chi connectivity index (χ4n) is 3.74. The van der Waals surface area contributed by atoms with Crippen molar-refractivity contribution in [3.8, 4) is 23.0 Å². The minimum Gasteiger partial charge on any atom is -0.495 e. The average molecular weight is 425 g/mol. The molecule has 1 aliphatic rings. The summed E-state index contributed by atoms with van der Waals surface area (Å²) >= 11 is 0. The minimum atomic E-state index is -0.577. The molecule has 0 amide bonds. The minimum absolute atomic E-state index is 0.221. The first kappa shape index (κ1) is 21.1. The van der Waals surface area contributed by atoms with Gasteiger partial charge in [0.25, 0.3) is 0 Å². The highest BCUT2D eigenvalue weighted by molar-refractivity contribution is 5.58. The highest BCUT2D eigenvalue weighted by Gasteiger charge is 2.21. The second-order valence-electron chi connectivity index (χ2n) is 7.58. The molecule has 1 aromatic heterocycles. The van der Waals surface area contributed by atoms with Crippen LogP contribution in [0.15, 0.2) is 52.9 Å². The van der Waals surface area contributed by atoms with Crippen LogP contribution >= 0.6 is 0 Å². The standard InChI is InChI=1S/C23H28N4O4/c1-17-24-25-23(31-17)18-6-5-7-20(14-18)30-16-19(28)15-26-10-12-27(13-11-26)21-8-3-4-9-22(21)29-2/h3-9,14,19,28H,10-13,15-16H2,1-2H3/t19-/m1/s1. The molecule has 164 valence electrons. The van der Waals surface area contributed by atoms with Gasteiger partial charge in [0, 0.05) is 45.2 Å². The predicted octanol–water partition coefficient (Wildman–Crippen LogP) is 2.62. The van der Waals surface area contributed by atoms with E-state index in [-0.39, 0.29) is 6.61 Å². The van der Waals surface area contributed by atoms with Gasteiger partial charge < -0.3 is 23.9 Å². The van der Waals surface area contributed by atoms with Crippen LogP contribution in [-0.4, -0.2) is 72.7 Å². The number of rotatable bonds is 8. The van der Waals surface area contributed by atoms with Gasteiger partial charge in [0.15, 0.2) is 0 Å². The summed E-state index contributed by atoms with van der Waals surface area (Å²) in [4.78, 5) is 4.58. The van der Waals surface area contributed by atoms with E-state index in [1.807, 2.05) is 42.5 Å². The van der Waals surface area contributed by atoms with Gasteiger partial charge in [-0.05, 0) is 30.3 Å². The number of benzene rings is 2. The van der Waals surface area contributed by atoms with Gasteiger partial charge in [-0.25, -0.2) is 0 Å². The van der Waals surface area contributed by atoms with Crippen molar-refractivity contribution in [3.05, 3.63) is 54.4 Å². The zero-order valence-corrected chi connectivity index (χ0v) is 17.9. The number of ether oxygens (including phenoxy) is 2. The molecule has 1 atom stereocenters. The van der Waals surface area contributed by atoms with Crippen LogP contribution in [-0.2, 0) is 0 Å². The molecule has 0 radical (unpaired) electrons. The van der Waals surface area contributed by atoms with Gasteiger partial charge >= 0.3 is 0 Å². The van der Waals surface area contributed by atoms with Crippen molar-refractivity contribution in [1.82, 2.24) is 15.1 Å². The second-order valence-corrected chi connectivity index (χ2v) is 7.58. The molecule has 1 N–H and O–H groups in total. The first-order chi connectivity index (χ1) is 15.1. The monoisotopic (exact) mass is 424 g/mol. The number of piperazine rings is 1. The molecular formula is C23H28N4O4. The van der Waals surface area contributed by atoms with E-state index >= 15 is 0 Å². The maximum atomic E-state index is 10.5. The maximum absolute atomic E-state index is 10.5. The van der Waals surface area contributed by atoms with Crippen LogP contribution < -0.4 is 14.4 Å². The van der Waals surface area contributed by atoms with Crippen molar-refractivity contribution in [2.75, 3.05) is 51.3 Å². The highest BCUT2D eigenvalue weighted by Crippen LogP contribution is 2.28. The Hall–Kier alpha value is -3.10. The quantitative estimate of drug-likeness (QED) is 0.591. The molecule has 0 unspecified atom stereocenters. The number of β-amino-alcohol motifs (C(OH)–C–C–N with tert-alkyl or cyclic N) is 1. The van der Waals surface area contributed by atoms with E-state index in [1.54, 1.807) is 14.0 Å². The number of aromatic nitrogens is 2. The number of para-hydroxylation sites is 2. The molecule has 2 heterocycles. The third kappa shape index (κ3) is 5.34. The molecule has 0 saturated carbocycles. The Morgan fingerprint density at radius 1 is 1.06 bits per heavy atom. The lowest BCUT2D eigenvalue weighted by Crippen LogP contribution is -2.49. The van der Waals surface area contributed by atoms with E-state index in [2.05, 4.69) is 26.1 Å². The molecular weight excluding hydrogens is 396 g/mol. The van der Waals surface area contributed by atoms with Crippen molar-refractivity contribution < 1.29 is 19.0 Å². The van der Waals surface area contributed by atoms with Crippen molar-refractivity contribution in [2.45, 2.75) is 13.0 Å². The molecule has 1 fully saturated rings. The van der Waals surface area contributed by atoms with E-state index < -0.39 is 6.10 Å². The maximum Gasteiger partial charge on any atom is 0.247 e. The van der Waals surface area contributed by atoms with Gasteiger partial charge in [0.1, 0.15) is 24.2 Å². The zero-order valence-electron chi connectivity index (χ0n) is 17.9. The number of hydrogen-bond donors (Lipinski definition) is 1. The zero-order chi connectivity index (χ0) is 21.6. The summed E-state index contributed by atoms with van der Waals surface area (Å²) in [5.41, 5.74) is 1.91. The average Bonchev–Trinajstić information content (AvgIpc) is 3.25. The first-order valence-corrected chi connectivity index (χ1v) is 10.4. The molecule has 1 saturated heterocycles. The van der Waals surface area contributed by atoms with E-state index in [0.717, 1.165) is 43.2 Å². The molecule has 0 aliphatic carbocycles. The molecule has 8 heteroatoms. The number of anilines is 1. The number of methoxy groups -OCH3 is 1. The predicted molar refractivity (Wildman–Crippen MR) is 118 cm³/mol. The summed E-state index contributed by atoms with van der Waals surface area (Å²) in [7, 11) is 1.70. The van der Waals surface area contributed by atoms with E-state index in [4.69, 9.17) is 13.9 Å². The summed E-state index contributed by atoms with van der Waals surface area (Å²) < 4.78 is 16.7. The molecule has 0 bridgehead atoms. The van der Waals surface area contributed by atoms with Gasteiger partial charge in [-0.1, -0.05) is 18.2 Å². The number of nitrogens with zero attached hydrogens (tertiary/aromatic N) is 4. The van der Waals surface area contributed by atoms with Crippen LogP contribution in [0.1, 0.15) is 5.89 Å². The number of aryl methyl sites for hydroxylation is 1. The Morgan fingerprint density at radius 3 is 2.61 bits per heavy atom. The Kier molecular flexibility index (Phi) is 6.69. The van der Waals surface area contributed by atoms with Crippen LogP contribution in [0, 0.1) is 6.92 Å². The fraction of sp³-hybridized carbons (Fsp3) is 0.391.